The molecule has 1 aliphatic rings. The molecule has 1 N–H and O–H groups in total. The zero-order chi connectivity index (χ0) is 22.1. The number of nitrogens with one attached hydrogen (secondary N) is 1. The number of fused-ring (bicyclic) bond motifs is 2. The van der Waals surface area contributed by atoms with Crippen molar-refractivity contribution in [3.8, 4) is 5.75 Å². The molecule has 0 amide bonds. The molecule has 5 rings (SSSR count). The van der Waals surface area contributed by atoms with Crippen LogP contribution in [0.25, 0.3) is 11.0 Å². The minimum absolute atomic E-state index is 0.257. The summed E-state index contributed by atoms with van der Waals surface area (Å²) in [5.74, 6) is 0.874. The second-order valence-corrected chi connectivity index (χ2v) is 8.72. The quantitative estimate of drug-likeness (QED) is 0.491. The first kappa shape index (κ1) is 20.5. The third-order valence-corrected chi connectivity index (χ3v) is 6.53. The van der Waals surface area contributed by atoms with Crippen LogP contribution in [0.5, 0.6) is 5.75 Å². The van der Waals surface area contributed by atoms with Gasteiger partial charge in [-0.05, 0) is 36.6 Å². The Morgan fingerprint density at radius 2 is 1.59 bits per heavy atom. The fraction of sp³-hybridized carbons (Fsp3) is 0.250. The zero-order valence-corrected chi connectivity index (χ0v) is 18.6. The Labute approximate surface area is 188 Å². The van der Waals surface area contributed by atoms with Crippen molar-refractivity contribution in [1.82, 2.24) is 0 Å². The fourth-order valence-corrected chi connectivity index (χ4v) is 4.69. The van der Waals surface area contributed by atoms with Crippen LogP contribution in [0.3, 0.4) is 0 Å². The van der Waals surface area contributed by atoms with E-state index in [1.165, 1.54) is 16.0 Å². The number of ether oxygens (including phenoxy) is 1. The topological polar surface area (TPSA) is 43.9 Å². The van der Waals surface area contributed by atoms with Gasteiger partial charge in [0, 0.05) is 34.9 Å². The van der Waals surface area contributed by atoms with Gasteiger partial charge in [0.05, 0.1) is 6.54 Å². The van der Waals surface area contributed by atoms with Crippen molar-refractivity contribution in [1.29, 1.82) is 0 Å². The van der Waals surface area contributed by atoms with Gasteiger partial charge in [-0.3, -0.25) is 4.90 Å². The van der Waals surface area contributed by atoms with Crippen LogP contribution in [0.1, 0.15) is 33.4 Å². The van der Waals surface area contributed by atoms with E-state index >= 15 is 0 Å². The number of rotatable bonds is 5. The van der Waals surface area contributed by atoms with Gasteiger partial charge in [-0.1, -0.05) is 60.7 Å². The van der Waals surface area contributed by atoms with Crippen LogP contribution in [0.15, 0.2) is 75.9 Å². The molecule has 0 aliphatic carbocycles. The van der Waals surface area contributed by atoms with E-state index in [0.717, 1.165) is 52.9 Å². The fourth-order valence-electron chi connectivity index (χ4n) is 4.69. The van der Waals surface area contributed by atoms with Gasteiger partial charge in [-0.15, -0.1) is 0 Å². The van der Waals surface area contributed by atoms with Gasteiger partial charge in [-0.25, -0.2) is 4.79 Å². The van der Waals surface area contributed by atoms with Crippen molar-refractivity contribution < 1.29 is 14.1 Å². The van der Waals surface area contributed by atoms with E-state index in [-0.39, 0.29) is 5.63 Å². The van der Waals surface area contributed by atoms with Crippen LogP contribution in [0, 0.1) is 13.8 Å². The Bertz CT molecular complexity index is 1310. The average Bonchev–Trinajstić information content (AvgIpc) is 2.83. The second kappa shape index (κ2) is 8.64. The molecule has 3 aromatic carbocycles. The molecule has 0 fully saturated rings. The van der Waals surface area contributed by atoms with Crippen LogP contribution in [0.4, 0.5) is 0 Å². The van der Waals surface area contributed by atoms with Crippen molar-refractivity contribution in [2.75, 3.05) is 13.3 Å². The van der Waals surface area contributed by atoms with Gasteiger partial charge < -0.3 is 9.15 Å². The minimum atomic E-state index is -0.257. The molecule has 162 valence electrons. The van der Waals surface area contributed by atoms with E-state index in [2.05, 4.69) is 36.4 Å². The van der Waals surface area contributed by atoms with E-state index in [9.17, 15) is 4.79 Å². The van der Waals surface area contributed by atoms with Gasteiger partial charge >= 0.3 is 5.63 Å². The molecule has 32 heavy (non-hydrogen) atoms. The molecule has 4 heteroatoms. The first-order valence-corrected chi connectivity index (χ1v) is 11.2. The van der Waals surface area contributed by atoms with Gasteiger partial charge in [-0.2, -0.15) is 0 Å². The van der Waals surface area contributed by atoms with Gasteiger partial charge in [0.2, 0.25) is 6.73 Å². The molecule has 4 nitrogen and oxygen atoms in total. The SMILES string of the molecule is Cc1c(Cc2ccccc2)c(=O)oc2c(C)c3c(cc12)C[NH+](CCc1ccccc1)CO3. The smallest absolute Gasteiger partial charge is 0.340 e. The highest BCUT2D eigenvalue weighted by Crippen LogP contribution is 2.34. The van der Waals surface area contributed by atoms with Crippen LogP contribution in [-0.2, 0) is 19.4 Å². The average molecular weight is 427 g/mol. The minimum Gasteiger partial charge on any atom is -0.444 e. The molecule has 1 aliphatic heterocycles. The Morgan fingerprint density at radius 1 is 0.906 bits per heavy atom. The lowest BCUT2D eigenvalue weighted by Crippen LogP contribution is -3.12. The third kappa shape index (κ3) is 3.94. The molecule has 1 atom stereocenters. The Balaban J connectivity index is 1.47. The summed E-state index contributed by atoms with van der Waals surface area (Å²) in [5, 5.41) is 1.01. The Hall–Kier alpha value is -3.37. The highest BCUT2D eigenvalue weighted by Gasteiger charge is 2.25. The van der Waals surface area contributed by atoms with E-state index in [1.807, 2.05) is 44.2 Å². The van der Waals surface area contributed by atoms with E-state index in [1.54, 1.807) is 0 Å². The Morgan fingerprint density at radius 3 is 2.31 bits per heavy atom. The number of aryl methyl sites for hydroxylation is 2. The summed E-state index contributed by atoms with van der Waals surface area (Å²) >= 11 is 0. The summed E-state index contributed by atoms with van der Waals surface area (Å²) in [6, 6.07) is 22.8. The van der Waals surface area contributed by atoms with Crippen LogP contribution < -0.4 is 15.3 Å². The third-order valence-electron chi connectivity index (χ3n) is 6.53. The molecular formula is C28H28NO3+. The number of benzene rings is 3. The molecule has 2 heterocycles. The monoisotopic (exact) mass is 426 g/mol. The predicted octanol–water partition coefficient (Wildman–Crippen LogP) is 3.98. The number of quaternary nitrogens is 1. The molecule has 1 unspecified atom stereocenters. The summed E-state index contributed by atoms with van der Waals surface area (Å²) in [6.45, 7) is 6.58. The molecular weight excluding hydrogens is 398 g/mol. The van der Waals surface area contributed by atoms with Crippen LogP contribution in [-0.4, -0.2) is 13.3 Å². The molecule has 0 bridgehead atoms. The van der Waals surface area contributed by atoms with E-state index < -0.39 is 0 Å². The van der Waals surface area contributed by atoms with Gasteiger partial charge in [0.25, 0.3) is 0 Å². The second-order valence-electron chi connectivity index (χ2n) is 8.72. The summed E-state index contributed by atoms with van der Waals surface area (Å²) in [4.78, 5) is 14.2. The predicted molar refractivity (Wildman–Crippen MR) is 126 cm³/mol. The highest BCUT2D eigenvalue weighted by molar-refractivity contribution is 5.87. The number of hydrogen-bond donors (Lipinski definition) is 1. The lowest BCUT2D eigenvalue weighted by Gasteiger charge is -2.28. The Kier molecular flexibility index (Phi) is 5.54. The standard InChI is InChI=1S/C28H27NO3/c1-19-24-16-23-17-29(14-13-21-9-5-3-6-10-21)18-31-26(23)20(2)27(24)32-28(30)25(19)15-22-11-7-4-8-12-22/h3-12,16H,13-15,17-18H2,1-2H3/p+1. The van der Waals surface area contributed by atoms with Crippen LogP contribution >= 0.6 is 0 Å². The van der Waals surface area contributed by atoms with Crippen molar-refractivity contribution in [3.63, 3.8) is 0 Å². The summed E-state index contributed by atoms with van der Waals surface area (Å²) in [7, 11) is 0. The van der Waals surface area contributed by atoms with Crippen molar-refractivity contribution >= 4 is 11.0 Å². The first-order valence-electron chi connectivity index (χ1n) is 11.2. The highest BCUT2D eigenvalue weighted by atomic mass is 16.5. The van der Waals surface area contributed by atoms with E-state index in [0.29, 0.717) is 18.7 Å². The molecule has 0 saturated heterocycles. The summed E-state index contributed by atoms with van der Waals surface area (Å²) < 4.78 is 12.0. The van der Waals surface area contributed by atoms with Crippen molar-refractivity contribution in [2.45, 2.75) is 33.2 Å². The largest absolute Gasteiger partial charge is 0.444 e. The molecule has 4 aromatic rings. The number of hydrogen-bond acceptors (Lipinski definition) is 3. The maximum Gasteiger partial charge on any atom is 0.340 e. The maximum atomic E-state index is 12.8. The molecule has 1 aromatic heterocycles. The van der Waals surface area contributed by atoms with Gasteiger partial charge in [0.15, 0.2) is 0 Å². The zero-order valence-electron chi connectivity index (χ0n) is 18.6. The van der Waals surface area contributed by atoms with Crippen molar-refractivity contribution in [3.05, 3.63) is 111 Å². The first-order chi connectivity index (χ1) is 15.6. The molecule has 0 saturated carbocycles. The lowest BCUT2D eigenvalue weighted by atomic mass is 9.96. The van der Waals surface area contributed by atoms with Crippen molar-refractivity contribution in [2.24, 2.45) is 0 Å². The summed E-state index contributed by atoms with van der Waals surface area (Å²) in [6.07, 6.45) is 1.60. The van der Waals surface area contributed by atoms with E-state index in [4.69, 9.17) is 9.15 Å². The lowest BCUT2D eigenvalue weighted by molar-refractivity contribution is -0.932. The maximum absolute atomic E-state index is 12.8. The van der Waals surface area contributed by atoms with Gasteiger partial charge in [0.1, 0.15) is 17.9 Å². The molecule has 0 radical (unpaired) electrons. The van der Waals surface area contributed by atoms with Crippen LogP contribution in [0.2, 0.25) is 0 Å². The normalized spacial score (nSPS) is 15.4. The molecule has 0 spiro atoms. The summed E-state index contributed by atoms with van der Waals surface area (Å²) in [5.41, 5.74) is 6.69.